The molecule has 2 heterocycles. The van der Waals surface area contributed by atoms with Gasteiger partial charge in [0.05, 0.1) is 19.0 Å². The van der Waals surface area contributed by atoms with Gasteiger partial charge in [-0.05, 0) is 18.1 Å². The molecule has 0 spiro atoms. The molecule has 0 fully saturated rings. The lowest BCUT2D eigenvalue weighted by Crippen LogP contribution is -2.19. The van der Waals surface area contributed by atoms with Crippen molar-refractivity contribution in [2.24, 2.45) is 5.92 Å². The highest BCUT2D eigenvalue weighted by molar-refractivity contribution is 5.73. The van der Waals surface area contributed by atoms with Gasteiger partial charge in [-0.2, -0.15) is 0 Å². The molecule has 0 atom stereocenters. The van der Waals surface area contributed by atoms with E-state index in [9.17, 15) is 4.79 Å². The number of hydrogen-bond acceptors (Lipinski definition) is 4. The molecule has 0 amide bonds. The smallest absolute Gasteiger partial charge is 0.328 e. The van der Waals surface area contributed by atoms with Crippen LogP contribution in [0.25, 0.3) is 22.6 Å². The van der Waals surface area contributed by atoms with Crippen LogP contribution in [-0.4, -0.2) is 26.6 Å². The Morgan fingerprint density at radius 1 is 1.32 bits per heavy atom. The molecule has 114 valence electrons. The highest BCUT2D eigenvalue weighted by atomic mass is 16.5. The van der Waals surface area contributed by atoms with Crippen LogP contribution < -0.4 is 10.4 Å². The summed E-state index contributed by atoms with van der Waals surface area (Å²) >= 11 is 0. The molecule has 3 aromatic rings. The topological polar surface area (TPSA) is 72.8 Å². The molecular formula is C16H18N4O2. The molecular weight excluding hydrogens is 280 g/mol. The van der Waals surface area contributed by atoms with E-state index in [2.05, 4.69) is 28.8 Å². The summed E-state index contributed by atoms with van der Waals surface area (Å²) in [6.07, 6.45) is 1.65. The third-order valence-corrected chi connectivity index (χ3v) is 3.41. The van der Waals surface area contributed by atoms with Crippen molar-refractivity contribution in [3.05, 3.63) is 40.9 Å². The summed E-state index contributed by atoms with van der Waals surface area (Å²) in [5.74, 6) is 1.07. The van der Waals surface area contributed by atoms with Crippen molar-refractivity contribution in [2.75, 3.05) is 7.11 Å². The molecule has 1 N–H and O–H groups in total. The number of aromatic nitrogens is 4. The van der Waals surface area contributed by atoms with E-state index in [1.807, 2.05) is 24.3 Å². The molecule has 6 nitrogen and oxygen atoms in total. The number of fused-ring (bicyclic) bond motifs is 1. The molecule has 2 aromatic heterocycles. The fourth-order valence-electron chi connectivity index (χ4n) is 2.44. The minimum Gasteiger partial charge on any atom is -0.496 e. The molecule has 0 radical (unpaired) electrons. The van der Waals surface area contributed by atoms with E-state index in [0.717, 1.165) is 11.3 Å². The maximum absolute atomic E-state index is 12.0. The van der Waals surface area contributed by atoms with Gasteiger partial charge in [-0.1, -0.05) is 26.0 Å². The molecule has 3 rings (SSSR count). The third kappa shape index (κ3) is 2.47. The second-order valence-electron chi connectivity index (χ2n) is 5.56. The number of para-hydroxylation sites is 1. The summed E-state index contributed by atoms with van der Waals surface area (Å²) < 4.78 is 7.00. The zero-order valence-electron chi connectivity index (χ0n) is 12.8. The van der Waals surface area contributed by atoms with Crippen molar-refractivity contribution in [1.82, 2.24) is 19.5 Å². The van der Waals surface area contributed by atoms with E-state index < -0.39 is 0 Å². The quantitative estimate of drug-likeness (QED) is 0.803. The van der Waals surface area contributed by atoms with Crippen molar-refractivity contribution in [3.8, 4) is 17.0 Å². The molecule has 0 bridgehead atoms. The standard InChI is InChI=1S/C16H18N4O2/c1-10(2)9-20-15-14(19-16(20)21)17-8-12(18-15)11-6-4-5-7-13(11)22-3/h4-8,10H,9H2,1-3H3,(H,17,19,21). The minimum absolute atomic E-state index is 0.180. The van der Waals surface area contributed by atoms with Crippen LogP contribution in [0, 0.1) is 5.92 Å². The maximum Gasteiger partial charge on any atom is 0.328 e. The Hall–Kier alpha value is -2.63. The number of hydrogen-bond donors (Lipinski definition) is 1. The summed E-state index contributed by atoms with van der Waals surface area (Å²) in [6.45, 7) is 4.72. The van der Waals surface area contributed by atoms with Crippen LogP contribution in [0.3, 0.4) is 0 Å². The Balaban J connectivity index is 2.18. The van der Waals surface area contributed by atoms with Crippen LogP contribution in [0.15, 0.2) is 35.3 Å². The Bertz CT molecular complexity index is 864. The van der Waals surface area contributed by atoms with Gasteiger partial charge in [-0.15, -0.1) is 0 Å². The highest BCUT2D eigenvalue weighted by Gasteiger charge is 2.13. The fourth-order valence-corrected chi connectivity index (χ4v) is 2.44. The van der Waals surface area contributed by atoms with Crippen molar-refractivity contribution in [1.29, 1.82) is 0 Å². The zero-order valence-corrected chi connectivity index (χ0v) is 12.8. The van der Waals surface area contributed by atoms with Crippen LogP contribution in [0.4, 0.5) is 0 Å². The predicted molar refractivity (Wildman–Crippen MR) is 85.0 cm³/mol. The number of nitrogens with zero attached hydrogens (tertiary/aromatic N) is 3. The van der Waals surface area contributed by atoms with Crippen molar-refractivity contribution in [3.63, 3.8) is 0 Å². The monoisotopic (exact) mass is 298 g/mol. The first-order valence-corrected chi connectivity index (χ1v) is 7.19. The summed E-state index contributed by atoms with van der Waals surface area (Å²) in [4.78, 5) is 23.7. The number of rotatable bonds is 4. The van der Waals surface area contributed by atoms with E-state index in [0.29, 0.717) is 29.5 Å². The van der Waals surface area contributed by atoms with Gasteiger partial charge in [0.25, 0.3) is 0 Å². The van der Waals surface area contributed by atoms with Crippen molar-refractivity contribution in [2.45, 2.75) is 20.4 Å². The molecule has 0 saturated carbocycles. The number of imidazole rings is 1. The molecule has 1 aromatic carbocycles. The van der Waals surface area contributed by atoms with E-state index in [1.165, 1.54) is 0 Å². The number of ether oxygens (including phenoxy) is 1. The zero-order chi connectivity index (χ0) is 15.7. The molecule has 0 aliphatic heterocycles. The Morgan fingerprint density at radius 3 is 2.82 bits per heavy atom. The third-order valence-electron chi connectivity index (χ3n) is 3.41. The van der Waals surface area contributed by atoms with E-state index in [-0.39, 0.29) is 5.69 Å². The Morgan fingerprint density at radius 2 is 2.09 bits per heavy atom. The summed E-state index contributed by atoms with van der Waals surface area (Å²) in [6, 6.07) is 7.62. The molecule has 6 heteroatoms. The second kappa shape index (κ2) is 5.63. The summed E-state index contributed by atoms with van der Waals surface area (Å²) in [5, 5.41) is 0. The van der Waals surface area contributed by atoms with E-state index in [1.54, 1.807) is 17.9 Å². The van der Waals surface area contributed by atoms with Crippen LogP contribution >= 0.6 is 0 Å². The van der Waals surface area contributed by atoms with Gasteiger partial charge in [0.2, 0.25) is 0 Å². The number of benzene rings is 1. The number of H-pyrrole nitrogens is 1. The average Bonchev–Trinajstić information content (AvgIpc) is 2.82. The second-order valence-corrected chi connectivity index (χ2v) is 5.56. The number of methoxy groups -OCH3 is 1. The van der Waals surface area contributed by atoms with Gasteiger partial charge < -0.3 is 4.74 Å². The van der Waals surface area contributed by atoms with Gasteiger partial charge >= 0.3 is 5.69 Å². The van der Waals surface area contributed by atoms with E-state index in [4.69, 9.17) is 4.74 Å². The van der Waals surface area contributed by atoms with Gasteiger partial charge in [0, 0.05) is 12.1 Å². The molecule has 0 aliphatic carbocycles. The number of aromatic amines is 1. The predicted octanol–water partition coefficient (Wildman–Crippen LogP) is 2.45. The van der Waals surface area contributed by atoms with Crippen molar-refractivity contribution >= 4 is 11.3 Å². The largest absolute Gasteiger partial charge is 0.496 e. The first-order valence-electron chi connectivity index (χ1n) is 7.19. The highest BCUT2D eigenvalue weighted by Crippen LogP contribution is 2.28. The first kappa shape index (κ1) is 14.3. The normalized spacial score (nSPS) is 11.3. The van der Waals surface area contributed by atoms with Crippen molar-refractivity contribution < 1.29 is 4.74 Å². The lowest BCUT2D eigenvalue weighted by molar-refractivity contribution is 0.416. The molecule has 0 saturated heterocycles. The lowest BCUT2D eigenvalue weighted by atomic mass is 10.1. The van der Waals surface area contributed by atoms with Crippen LogP contribution in [-0.2, 0) is 6.54 Å². The molecule has 22 heavy (non-hydrogen) atoms. The first-order chi connectivity index (χ1) is 10.6. The lowest BCUT2D eigenvalue weighted by Gasteiger charge is -2.08. The van der Waals surface area contributed by atoms with Crippen LogP contribution in [0.5, 0.6) is 5.75 Å². The Labute approximate surface area is 127 Å². The van der Waals surface area contributed by atoms with E-state index >= 15 is 0 Å². The summed E-state index contributed by atoms with van der Waals surface area (Å²) in [7, 11) is 1.62. The summed E-state index contributed by atoms with van der Waals surface area (Å²) in [5.41, 5.74) is 2.43. The van der Waals surface area contributed by atoms with Crippen LogP contribution in [0.1, 0.15) is 13.8 Å². The molecule has 0 unspecified atom stereocenters. The molecule has 0 aliphatic rings. The SMILES string of the molecule is COc1ccccc1-c1cnc2[nH]c(=O)n(CC(C)C)c2n1. The average molecular weight is 298 g/mol. The maximum atomic E-state index is 12.0. The van der Waals surface area contributed by atoms with Gasteiger partial charge in [0.1, 0.15) is 5.75 Å². The number of nitrogens with one attached hydrogen (secondary N) is 1. The van der Waals surface area contributed by atoms with Crippen LogP contribution in [0.2, 0.25) is 0 Å². The fraction of sp³-hybridized carbons (Fsp3) is 0.312. The van der Waals surface area contributed by atoms with Gasteiger partial charge in [0.15, 0.2) is 11.3 Å². The van der Waals surface area contributed by atoms with Gasteiger partial charge in [-0.3, -0.25) is 9.55 Å². The van der Waals surface area contributed by atoms with Gasteiger partial charge in [-0.25, -0.2) is 14.8 Å². The Kier molecular flexibility index (Phi) is 3.66. The minimum atomic E-state index is -0.180.